The second-order valence-electron chi connectivity index (χ2n) is 6.17. The van der Waals surface area contributed by atoms with Gasteiger partial charge < -0.3 is 14.9 Å². The van der Waals surface area contributed by atoms with Gasteiger partial charge in [0.1, 0.15) is 6.04 Å². The maximum absolute atomic E-state index is 12.3. The van der Waals surface area contributed by atoms with E-state index in [2.05, 4.69) is 0 Å². The molecule has 0 saturated carbocycles. The Labute approximate surface area is 138 Å². The van der Waals surface area contributed by atoms with Crippen molar-refractivity contribution in [3.63, 3.8) is 0 Å². The van der Waals surface area contributed by atoms with E-state index < -0.39 is 12.0 Å². The zero-order valence-electron chi connectivity index (χ0n) is 14.4. The number of aliphatic carboxylic acids is 1. The number of amides is 2. The van der Waals surface area contributed by atoms with Crippen LogP contribution in [0.4, 0.5) is 0 Å². The van der Waals surface area contributed by atoms with Crippen LogP contribution < -0.4 is 0 Å². The van der Waals surface area contributed by atoms with Crippen molar-refractivity contribution in [1.29, 1.82) is 0 Å². The highest BCUT2D eigenvalue weighted by atomic mass is 16.4. The van der Waals surface area contributed by atoms with Crippen LogP contribution in [0.15, 0.2) is 0 Å². The Balaban J connectivity index is 2.42. The lowest BCUT2D eigenvalue weighted by Gasteiger charge is -2.33. The van der Waals surface area contributed by atoms with Crippen molar-refractivity contribution in [2.45, 2.75) is 71.3 Å². The maximum atomic E-state index is 12.3. The fourth-order valence-electron chi connectivity index (χ4n) is 3.08. The van der Waals surface area contributed by atoms with Crippen LogP contribution in [0.1, 0.15) is 65.2 Å². The normalized spacial score (nSPS) is 17.8. The highest BCUT2D eigenvalue weighted by Gasteiger charge is 2.31. The monoisotopic (exact) mass is 326 g/mol. The third kappa shape index (κ3) is 6.20. The number of carbonyl (C=O) groups excluding carboxylic acids is 2. The first-order valence-electron chi connectivity index (χ1n) is 8.81. The highest BCUT2D eigenvalue weighted by molar-refractivity contribution is 5.84. The van der Waals surface area contributed by atoms with Gasteiger partial charge in [0.25, 0.3) is 0 Å². The molecule has 1 N–H and O–H groups in total. The van der Waals surface area contributed by atoms with Crippen molar-refractivity contribution in [3.05, 3.63) is 0 Å². The largest absolute Gasteiger partial charge is 0.480 e. The molecule has 0 aromatic heterocycles. The van der Waals surface area contributed by atoms with Crippen molar-refractivity contribution >= 4 is 17.8 Å². The number of piperidine rings is 1. The summed E-state index contributed by atoms with van der Waals surface area (Å²) >= 11 is 0. The van der Waals surface area contributed by atoms with Crippen LogP contribution in [0.25, 0.3) is 0 Å². The lowest BCUT2D eigenvalue weighted by Crippen LogP contribution is -2.47. The zero-order chi connectivity index (χ0) is 17.2. The highest BCUT2D eigenvalue weighted by Crippen LogP contribution is 2.19. The molecule has 0 aliphatic carbocycles. The van der Waals surface area contributed by atoms with Crippen molar-refractivity contribution in [2.24, 2.45) is 0 Å². The van der Waals surface area contributed by atoms with Gasteiger partial charge in [-0.05, 0) is 38.5 Å². The van der Waals surface area contributed by atoms with Gasteiger partial charge in [0.2, 0.25) is 11.8 Å². The van der Waals surface area contributed by atoms with Gasteiger partial charge in [0.05, 0.1) is 0 Å². The number of likely N-dealkylation sites (tertiary alicyclic amines) is 1. The molecule has 0 spiro atoms. The molecule has 132 valence electrons. The first-order chi connectivity index (χ1) is 11.0. The van der Waals surface area contributed by atoms with Crippen LogP contribution in [-0.2, 0) is 14.4 Å². The van der Waals surface area contributed by atoms with Crippen molar-refractivity contribution in [1.82, 2.24) is 9.80 Å². The number of nitrogens with zero attached hydrogens (tertiary/aromatic N) is 2. The summed E-state index contributed by atoms with van der Waals surface area (Å²) in [6.45, 7) is 6.12. The fraction of sp³-hybridized carbons (Fsp3) is 0.824. The number of hydrogen-bond donors (Lipinski definition) is 1. The van der Waals surface area contributed by atoms with E-state index in [1.165, 1.54) is 4.90 Å². The van der Waals surface area contributed by atoms with Gasteiger partial charge in [0.15, 0.2) is 0 Å². The average molecular weight is 326 g/mol. The Kier molecular flexibility index (Phi) is 8.66. The van der Waals surface area contributed by atoms with Crippen LogP contribution >= 0.6 is 0 Å². The van der Waals surface area contributed by atoms with E-state index in [1.54, 1.807) is 0 Å². The molecule has 2 amide bonds. The third-order valence-corrected chi connectivity index (χ3v) is 4.23. The average Bonchev–Trinajstić information content (AvgIpc) is 2.54. The lowest BCUT2D eigenvalue weighted by atomic mass is 10.0. The predicted molar refractivity (Wildman–Crippen MR) is 88.0 cm³/mol. The van der Waals surface area contributed by atoms with Gasteiger partial charge in [-0.1, -0.05) is 13.8 Å². The molecule has 0 radical (unpaired) electrons. The van der Waals surface area contributed by atoms with Crippen LogP contribution in [0.5, 0.6) is 0 Å². The molecular weight excluding hydrogens is 296 g/mol. The number of carboxylic acid groups (broad SMARTS) is 1. The van der Waals surface area contributed by atoms with Gasteiger partial charge >= 0.3 is 5.97 Å². The number of hydrogen-bond acceptors (Lipinski definition) is 3. The minimum atomic E-state index is -0.925. The smallest absolute Gasteiger partial charge is 0.326 e. The zero-order valence-corrected chi connectivity index (χ0v) is 14.4. The van der Waals surface area contributed by atoms with Gasteiger partial charge in [-0.25, -0.2) is 4.79 Å². The summed E-state index contributed by atoms with van der Waals surface area (Å²) in [5, 5.41) is 9.21. The Morgan fingerprint density at radius 2 is 1.74 bits per heavy atom. The summed E-state index contributed by atoms with van der Waals surface area (Å²) < 4.78 is 0. The molecule has 23 heavy (non-hydrogen) atoms. The Morgan fingerprint density at radius 1 is 1.09 bits per heavy atom. The number of rotatable bonds is 9. The van der Waals surface area contributed by atoms with Gasteiger partial charge in [-0.3, -0.25) is 9.59 Å². The Bertz CT molecular complexity index is 405. The van der Waals surface area contributed by atoms with E-state index in [0.717, 1.165) is 38.8 Å². The number of carboxylic acids is 1. The molecule has 1 atom stereocenters. The Hall–Kier alpha value is -1.59. The molecule has 6 heteroatoms. The minimum absolute atomic E-state index is 0.0925. The van der Waals surface area contributed by atoms with Crippen LogP contribution in [-0.4, -0.2) is 58.4 Å². The van der Waals surface area contributed by atoms with Gasteiger partial charge in [-0.15, -0.1) is 0 Å². The van der Waals surface area contributed by atoms with E-state index in [9.17, 15) is 19.5 Å². The van der Waals surface area contributed by atoms with Crippen LogP contribution in [0.3, 0.4) is 0 Å². The van der Waals surface area contributed by atoms with Crippen molar-refractivity contribution in [2.75, 3.05) is 19.6 Å². The molecule has 1 heterocycles. The van der Waals surface area contributed by atoms with Crippen molar-refractivity contribution in [3.8, 4) is 0 Å². The summed E-state index contributed by atoms with van der Waals surface area (Å²) in [5.41, 5.74) is 0. The molecule has 0 aromatic rings. The summed E-state index contributed by atoms with van der Waals surface area (Å²) in [6.07, 6.45) is 5.19. The second-order valence-corrected chi connectivity index (χ2v) is 6.17. The first-order valence-corrected chi connectivity index (χ1v) is 8.81. The SMILES string of the molecule is CCCN(CCC)C(=O)CCCC(=O)N1CCCCC1C(=O)O. The maximum Gasteiger partial charge on any atom is 0.326 e. The summed E-state index contributed by atoms with van der Waals surface area (Å²) in [7, 11) is 0. The standard InChI is InChI=1S/C17H30N2O4/c1-3-11-18(12-4-2)15(20)9-7-10-16(21)19-13-6-5-8-14(19)17(22)23/h14H,3-13H2,1-2H3,(H,22,23). The van der Waals surface area contributed by atoms with E-state index in [0.29, 0.717) is 25.8 Å². The number of carbonyl (C=O) groups is 3. The minimum Gasteiger partial charge on any atom is -0.480 e. The topological polar surface area (TPSA) is 77.9 Å². The molecule has 1 aliphatic heterocycles. The molecule has 1 aliphatic rings. The first kappa shape index (κ1) is 19.5. The summed E-state index contributed by atoms with van der Waals surface area (Å²) in [4.78, 5) is 39.0. The molecule has 6 nitrogen and oxygen atoms in total. The van der Waals surface area contributed by atoms with Gasteiger partial charge in [-0.2, -0.15) is 0 Å². The molecule has 1 fully saturated rings. The molecular formula is C17H30N2O4. The van der Waals surface area contributed by atoms with E-state index in [1.807, 2.05) is 18.7 Å². The summed E-state index contributed by atoms with van der Waals surface area (Å²) in [5.74, 6) is -0.969. The molecule has 0 aromatic carbocycles. The molecule has 1 unspecified atom stereocenters. The van der Waals surface area contributed by atoms with Crippen LogP contribution in [0, 0.1) is 0 Å². The predicted octanol–water partition coefficient (Wildman–Crippen LogP) is 2.27. The molecule has 0 bridgehead atoms. The quantitative estimate of drug-likeness (QED) is 0.705. The molecule has 1 rings (SSSR count). The summed E-state index contributed by atoms with van der Waals surface area (Å²) in [6, 6.07) is -0.691. The van der Waals surface area contributed by atoms with E-state index in [4.69, 9.17) is 0 Å². The second kappa shape index (κ2) is 10.2. The van der Waals surface area contributed by atoms with Crippen molar-refractivity contribution < 1.29 is 19.5 Å². The fourth-order valence-corrected chi connectivity index (χ4v) is 3.08. The lowest BCUT2D eigenvalue weighted by molar-refractivity contribution is -0.152. The van der Waals surface area contributed by atoms with Gasteiger partial charge in [0, 0.05) is 32.5 Å². The molecule has 1 saturated heterocycles. The van der Waals surface area contributed by atoms with E-state index >= 15 is 0 Å². The Morgan fingerprint density at radius 3 is 2.30 bits per heavy atom. The third-order valence-electron chi connectivity index (χ3n) is 4.23. The van der Waals surface area contributed by atoms with Crippen LogP contribution in [0.2, 0.25) is 0 Å². The van der Waals surface area contributed by atoms with E-state index in [-0.39, 0.29) is 18.2 Å².